The Morgan fingerprint density at radius 1 is 1.22 bits per heavy atom. The SMILES string of the molecule is O=C1NCc2cc(C3CN(Cc4cc(F)cc(C(F)F)c4)CCO3)ccc21. The molecule has 1 unspecified atom stereocenters. The van der Waals surface area contributed by atoms with E-state index in [9.17, 15) is 18.0 Å². The lowest BCUT2D eigenvalue weighted by Crippen LogP contribution is -2.37. The Morgan fingerprint density at radius 3 is 2.89 bits per heavy atom. The first-order valence-electron chi connectivity index (χ1n) is 8.82. The number of benzene rings is 2. The molecule has 2 aliphatic heterocycles. The monoisotopic (exact) mass is 376 g/mol. The molecule has 1 fully saturated rings. The van der Waals surface area contributed by atoms with Gasteiger partial charge in [-0.25, -0.2) is 13.2 Å². The van der Waals surface area contributed by atoms with Crippen LogP contribution >= 0.6 is 0 Å². The largest absolute Gasteiger partial charge is 0.371 e. The maximum atomic E-state index is 13.6. The Labute approximate surface area is 154 Å². The first-order chi connectivity index (χ1) is 13.0. The van der Waals surface area contributed by atoms with Crippen LogP contribution in [0, 0.1) is 5.82 Å². The third-order valence-electron chi connectivity index (χ3n) is 4.97. The van der Waals surface area contributed by atoms with E-state index in [2.05, 4.69) is 10.2 Å². The molecule has 4 rings (SSSR count). The van der Waals surface area contributed by atoms with Gasteiger partial charge in [0.1, 0.15) is 5.82 Å². The van der Waals surface area contributed by atoms with E-state index in [1.165, 1.54) is 12.1 Å². The highest BCUT2D eigenvalue weighted by molar-refractivity contribution is 5.98. The molecule has 142 valence electrons. The van der Waals surface area contributed by atoms with E-state index < -0.39 is 12.2 Å². The van der Waals surface area contributed by atoms with E-state index in [-0.39, 0.29) is 17.6 Å². The maximum Gasteiger partial charge on any atom is 0.263 e. The molecule has 0 aromatic heterocycles. The average Bonchev–Trinajstić information content (AvgIpc) is 3.02. The average molecular weight is 376 g/mol. The van der Waals surface area contributed by atoms with Crippen molar-refractivity contribution in [2.24, 2.45) is 0 Å². The summed E-state index contributed by atoms with van der Waals surface area (Å²) in [5.41, 5.74) is 2.83. The summed E-state index contributed by atoms with van der Waals surface area (Å²) in [6.07, 6.45) is -2.87. The highest BCUT2D eigenvalue weighted by Gasteiger charge is 2.25. The van der Waals surface area contributed by atoms with Crippen molar-refractivity contribution < 1.29 is 22.7 Å². The number of rotatable bonds is 4. The first kappa shape index (κ1) is 18.0. The normalized spacial score (nSPS) is 20.0. The standard InChI is InChI=1S/C20H19F3N2O2/c21-16-6-12(5-14(8-16)19(22)23)10-25-3-4-27-18(11-25)13-1-2-17-15(7-13)9-24-20(17)26/h1-2,5-8,18-19H,3-4,9-11H2,(H,24,26). The number of fused-ring (bicyclic) bond motifs is 1. The maximum absolute atomic E-state index is 13.6. The molecule has 27 heavy (non-hydrogen) atoms. The zero-order chi connectivity index (χ0) is 19.0. The Hall–Kier alpha value is -2.38. The van der Waals surface area contributed by atoms with E-state index in [0.29, 0.717) is 43.9 Å². The molecule has 7 heteroatoms. The number of nitrogens with zero attached hydrogens (tertiary/aromatic N) is 1. The minimum atomic E-state index is -2.69. The summed E-state index contributed by atoms with van der Waals surface area (Å²) in [5, 5.41) is 2.79. The molecule has 1 amide bonds. The summed E-state index contributed by atoms with van der Waals surface area (Å²) >= 11 is 0. The number of alkyl halides is 2. The molecule has 1 saturated heterocycles. The van der Waals surface area contributed by atoms with Crippen LogP contribution in [-0.4, -0.2) is 30.5 Å². The summed E-state index contributed by atoms with van der Waals surface area (Å²) in [4.78, 5) is 13.7. The Kier molecular flexibility index (Phi) is 4.88. The van der Waals surface area contributed by atoms with Crippen LogP contribution in [0.4, 0.5) is 13.2 Å². The van der Waals surface area contributed by atoms with Gasteiger partial charge in [0.25, 0.3) is 12.3 Å². The predicted molar refractivity (Wildman–Crippen MR) is 92.9 cm³/mol. The summed E-state index contributed by atoms with van der Waals surface area (Å²) in [6, 6.07) is 9.17. The van der Waals surface area contributed by atoms with Gasteiger partial charge in [-0.1, -0.05) is 12.1 Å². The van der Waals surface area contributed by atoms with Crippen molar-refractivity contribution in [2.75, 3.05) is 19.7 Å². The molecule has 1 N–H and O–H groups in total. The number of hydrogen-bond donors (Lipinski definition) is 1. The van der Waals surface area contributed by atoms with Crippen molar-refractivity contribution in [1.82, 2.24) is 10.2 Å². The van der Waals surface area contributed by atoms with Crippen molar-refractivity contribution in [2.45, 2.75) is 25.6 Å². The van der Waals surface area contributed by atoms with Gasteiger partial charge in [-0.05, 0) is 41.0 Å². The second-order valence-corrected chi connectivity index (χ2v) is 6.89. The minimum Gasteiger partial charge on any atom is -0.371 e. The molecular weight excluding hydrogens is 357 g/mol. The number of carbonyl (C=O) groups excluding carboxylic acids is 1. The van der Waals surface area contributed by atoms with Gasteiger partial charge in [-0.3, -0.25) is 9.69 Å². The predicted octanol–water partition coefficient (Wildman–Crippen LogP) is 3.58. The van der Waals surface area contributed by atoms with Crippen LogP contribution in [0.3, 0.4) is 0 Å². The van der Waals surface area contributed by atoms with Crippen molar-refractivity contribution in [3.8, 4) is 0 Å². The lowest BCUT2D eigenvalue weighted by molar-refractivity contribution is -0.0330. The molecule has 0 spiro atoms. The van der Waals surface area contributed by atoms with Crippen LogP contribution in [-0.2, 0) is 17.8 Å². The fraction of sp³-hybridized carbons (Fsp3) is 0.350. The third-order valence-corrected chi connectivity index (χ3v) is 4.97. The van der Waals surface area contributed by atoms with Gasteiger partial charge in [-0.2, -0.15) is 0 Å². The number of nitrogens with one attached hydrogen (secondary N) is 1. The summed E-state index contributed by atoms with van der Waals surface area (Å²) in [5.74, 6) is -0.716. The number of morpholine rings is 1. The van der Waals surface area contributed by atoms with E-state index in [4.69, 9.17) is 4.74 Å². The van der Waals surface area contributed by atoms with E-state index in [0.717, 1.165) is 17.2 Å². The van der Waals surface area contributed by atoms with Crippen LogP contribution in [0.5, 0.6) is 0 Å². The zero-order valence-electron chi connectivity index (χ0n) is 14.6. The van der Waals surface area contributed by atoms with Gasteiger partial charge in [-0.15, -0.1) is 0 Å². The molecule has 2 aliphatic rings. The summed E-state index contributed by atoms with van der Waals surface area (Å²) in [6.45, 7) is 2.60. The van der Waals surface area contributed by atoms with Gasteiger partial charge in [0, 0.05) is 37.3 Å². The minimum absolute atomic E-state index is 0.0660. The number of amides is 1. The molecular formula is C20H19F3N2O2. The van der Waals surface area contributed by atoms with Crippen molar-refractivity contribution in [3.63, 3.8) is 0 Å². The van der Waals surface area contributed by atoms with Crippen LogP contribution in [0.25, 0.3) is 0 Å². The molecule has 2 aromatic carbocycles. The lowest BCUT2D eigenvalue weighted by Gasteiger charge is -2.33. The van der Waals surface area contributed by atoms with Gasteiger partial charge >= 0.3 is 0 Å². The van der Waals surface area contributed by atoms with Crippen molar-refractivity contribution in [3.05, 3.63) is 70.0 Å². The van der Waals surface area contributed by atoms with Crippen LogP contribution in [0.2, 0.25) is 0 Å². The number of carbonyl (C=O) groups is 1. The van der Waals surface area contributed by atoms with E-state index in [1.54, 1.807) is 6.07 Å². The fourth-order valence-electron chi connectivity index (χ4n) is 3.65. The van der Waals surface area contributed by atoms with Gasteiger partial charge in [0.15, 0.2) is 0 Å². The Bertz CT molecular complexity index is 872. The van der Waals surface area contributed by atoms with Crippen molar-refractivity contribution in [1.29, 1.82) is 0 Å². The van der Waals surface area contributed by atoms with Crippen LogP contribution in [0.15, 0.2) is 36.4 Å². The topological polar surface area (TPSA) is 41.6 Å². The highest BCUT2D eigenvalue weighted by atomic mass is 19.3. The molecule has 0 radical (unpaired) electrons. The second-order valence-electron chi connectivity index (χ2n) is 6.89. The molecule has 0 aliphatic carbocycles. The zero-order valence-corrected chi connectivity index (χ0v) is 14.6. The van der Waals surface area contributed by atoms with E-state index in [1.807, 2.05) is 12.1 Å². The number of hydrogen-bond acceptors (Lipinski definition) is 3. The molecule has 4 nitrogen and oxygen atoms in total. The Morgan fingerprint density at radius 2 is 2.07 bits per heavy atom. The van der Waals surface area contributed by atoms with Crippen molar-refractivity contribution >= 4 is 5.91 Å². The molecule has 1 atom stereocenters. The summed E-state index contributed by atoms with van der Waals surface area (Å²) in [7, 11) is 0. The first-order valence-corrected chi connectivity index (χ1v) is 8.82. The molecule has 2 aromatic rings. The fourth-order valence-corrected chi connectivity index (χ4v) is 3.65. The second kappa shape index (κ2) is 7.32. The number of ether oxygens (including phenoxy) is 1. The van der Waals surface area contributed by atoms with Gasteiger partial charge in [0.2, 0.25) is 0 Å². The van der Waals surface area contributed by atoms with Crippen LogP contribution < -0.4 is 5.32 Å². The van der Waals surface area contributed by atoms with Gasteiger partial charge in [0.05, 0.1) is 12.7 Å². The lowest BCUT2D eigenvalue weighted by atomic mass is 10.0. The van der Waals surface area contributed by atoms with E-state index >= 15 is 0 Å². The quantitative estimate of drug-likeness (QED) is 0.887. The highest BCUT2D eigenvalue weighted by Crippen LogP contribution is 2.28. The summed E-state index contributed by atoms with van der Waals surface area (Å²) < 4.78 is 45.3. The van der Waals surface area contributed by atoms with Gasteiger partial charge < -0.3 is 10.1 Å². The van der Waals surface area contributed by atoms with Crippen LogP contribution in [0.1, 0.15) is 45.1 Å². The third kappa shape index (κ3) is 3.84. The molecule has 0 bridgehead atoms. The number of halogens is 3. The smallest absolute Gasteiger partial charge is 0.263 e. The molecule has 0 saturated carbocycles. The Balaban J connectivity index is 1.48. The molecule has 2 heterocycles.